The van der Waals surface area contributed by atoms with Crippen molar-refractivity contribution in [1.82, 2.24) is 4.98 Å². The lowest BCUT2D eigenvalue weighted by Crippen LogP contribution is -2.31. The first-order chi connectivity index (χ1) is 14.3. The quantitative estimate of drug-likeness (QED) is 0.354. The van der Waals surface area contributed by atoms with E-state index in [1.54, 1.807) is 17.5 Å². The van der Waals surface area contributed by atoms with Gasteiger partial charge >= 0.3 is 0 Å². The number of hydrogen-bond donors (Lipinski definition) is 1. The van der Waals surface area contributed by atoms with E-state index in [1.807, 2.05) is 13.8 Å². The van der Waals surface area contributed by atoms with Crippen LogP contribution in [0, 0.1) is 24.0 Å². The maximum Gasteiger partial charge on any atom is 0.296 e. The van der Waals surface area contributed by atoms with Gasteiger partial charge in [-0.25, -0.2) is 4.98 Å². The first-order valence-corrected chi connectivity index (χ1v) is 10.5. The number of aromatic nitrogens is 1. The third kappa shape index (κ3) is 3.19. The highest BCUT2D eigenvalue weighted by Gasteiger charge is 2.46. The van der Waals surface area contributed by atoms with E-state index < -0.39 is 28.4 Å². The van der Waals surface area contributed by atoms with Gasteiger partial charge in [-0.2, -0.15) is 0 Å². The summed E-state index contributed by atoms with van der Waals surface area (Å²) in [5.41, 5.74) is 1.02. The zero-order chi connectivity index (χ0) is 21.6. The standard InChI is InChI=1S/C20H15N3O5S2/c1-10-11(2)30-20(21-10)22-16(12-5-7-13(8-6-12)23(27)28)15(18(25)19(22)26)17(24)14-4-3-9-29-14/h3-9,16,25H,1-2H3/t16-/m0/s1. The van der Waals surface area contributed by atoms with Crippen molar-refractivity contribution in [3.05, 3.63) is 84.2 Å². The first-order valence-electron chi connectivity index (χ1n) is 8.83. The van der Waals surface area contributed by atoms with Gasteiger partial charge in [-0.15, -0.1) is 22.7 Å². The number of Topliss-reactive ketones (excluding diaryl/α,β-unsaturated/α-hetero) is 1. The molecule has 2 aromatic heterocycles. The molecule has 1 atom stereocenters. The number of aliphatic hydroxyl groups excluding tert-OH is 1. The summed E-state index contributed by atoms with van der Waals surface area (Å²) in [6, 6.07) is 7.95. The van der Waals surface area contributed by atoms with Gasteiger partial charge in [0.05, 0.1) is 27.1 Å². The van der Waals surface area contributed by atoms with E-state index in [0.29, 0.717) is 15.6 Å². The Kier molecular flexibility index (Phi) is 4.96. The van der Waals surface area contributed by atoms with E-state index in [2.05, 4.69) is 4.98 Å². The minimum atomic E-state index is -0.946. The molecule has 0 fully saturated rings. The summed E-state index contributed by atoms with van der Waals surface area (Å²) in [6.07, 6.45) is 0. The molecule has 3 aromatic rings. The van der Waals surface area contributed by atoms with Crippen LogP contribution in [0.3, 0.4) is 0 Å². The van der Waals surface area contributed by atoms with Gasteiger partial charge in [0.15, 0.2) is 10.9 Å². The molecule has 0 aliphatic carbocycles. The molecule has 0 bridgehead atoms. The number of carbonyl (C=O) groups excluding carboxylic acids is 2. The van der Waals surface area contributed by atoms with Crippen LogP contribution in [0.1, 0.15) is 31.8 Å². The smallest absolute Gasteiger partial charge is 0.296 e. The van der Waals surface area contributed by atoms with Gasteiger partial charge in [0.2, 0.25) is 5.78 Å². The molecule has 1 aliphatic rings. The summed E-state index contributed by atoms with van der Waals surface area (Å²) in [7, 11) is 0. The Morgan fingerprint density at radius 1 is 1.23 bits per heavy atom. The van der Waals surface area contributed by atoms with Crippen LogP contribution >= 0.6 is 22.7 Å². The summed E-state index contributed by atoms with van der Waals surface area (Å²) in [5.74, 6) is -1.83. The Hall–Kier alpha value is -3.37. The lowest BCUT2D eigenvalue weighted by molar-refractivity contribution is -0.384. The number of benzene rings is 1. The van der Waals surface area contributed by atoms with Crippen LogP contribution in [0.5, 0.6) is 0 Å². The molecule has 1 N–H and O–H groups in total. The molecule has 1 aliphatic heterocycles. The van der Waals surface area contributed by atoms with E-state index in [0.717, 1.165) is 10.6 Å². The van der Waals surface area contributed by atoms with Gasteiger partial charge < -0.3 is 5.11 Å². The number of aliphatic hydroxyl groups is 1. The number of ketones is 1. The Bertz CT molecular complexity index is 1180. The number of thiazole rings is 1. The van der Waals surface area contributed by atoms with Crippen molar-refractivity contribution in [2.75, 3.05) is 4.90 Å². The fourth-order valence-corrected chi connectivity index (χ4v) is 4.84. The van der Waals surface area contributed by atoms with Gasteiger partial charge in [0.1, 0.15) is 0 Å². The predicted octanol–water partition coefficient (Wildman–Crippen LogP) is 4.51. The second kappa shape index (κ2) is 7.47. The zero-order valence-electron chi connectivity index (χ0n) is 15.9. The zero-order valence-corrected chi connectivity index (χ0v) is 17.5. The number of thiophene rings is 1. The van der Waals surface area contributed by atoms with E-state index in [-0.39, 0.29) is 11.3 Å². The predicted molar refractivity (Wildman–Crippen MR) is 113 cm³/mol. The third-order valence-electron chi connectivity index (χ3n) is 4.84. The Balaban J connectivity index is 1.88. The number of non-ortho nitro benzene ring substituents is 1. The lowest BCUT2D eigenvalue weighted by atomic mass is 9.95. The van der Waals surface area contributed by atoms with Crippen molar-refractivity contribution in [1.29, 1.82) is 0 Å². The number of anilines is 1. The molecule has 0 spiro atoms. The topological polar surface area (TPSA) is 114 Å². The Morgan fingerprint density at radius 3 is 2.47 bits per heavy atom. The van der Waals surface area contributed by atoms with Crippen LogP contribution in [0.2, 0.25) is 0 Å². The molecule has 8 nitrogen and oxygen atoms in total. The molecule has 0 saturated carbocycles. The maximum atomic E-state index is 13.2. The number of hydrogen-bond acceptors (Lipinski definition) is 8. The molecular formula is C20H15N3O5S2. The first kappa shape index (κ1) is 19.9. The number of nitrogens with zero attached hydrogens (tertiary/aromatic N) is 3. The lowest BCUT2D eigenvalue weighted by Gasteiger charge is -2.24. The molecular weight excluding hydrogens is 426 g/mol. The Morgan fingerprint density at radius 2 is 1.93 bits per heavy atom. The van der Waals surface area contributed by atoms with Gasteiger partial charge in [-0.05, 0) is 43.0 Å². The second-order valence-electron chi connectivity index (χ2n) is 6.63. The van der Waals surface area contributed by atoms with E-state index >= 15 is 0 Å². The largest absolute Gasteiger partial charge is 0.503 e. The van der Waals surface area contributed by atoms with Crippen molar-refractivity contribution in [2.24, 2.45) is 0 Å². The van der Waals surface area contributed by atoms with Crippen LogP contribution in [0.25, 0.3) is 0 Å². The van der Waals surface area contributed by atoms with Crippen LogP contribution in [-0.4, -0.2) is 26.7 Å². The van der Waals surface area contributed by atoms with Crippen LogP contribution in [0.4, 0.5) is 10.8 Å². The average molecular weight is 441 g/mol. The highest BCUT2D eigenvalue weighted by atomic mass is 32.1. The van der Waals surface area contributed by atoms with Crippen LogP contribution < -0.4 is 4.90 Å². The highest BCUT2D eigenvalue weighted by molar-refractivity contribution is 7.16. The van der Waals surface area contributed by atoms with Crippen molar-refractivity contribution < 1.29 is 19.6 Å². The molecule has 0 radical (unpaired) electrons. The average Bonchev–Trinajstić information content (AvgIpc) is 3.42. The second-order valence-corrected chi connectivity index (χ2v) is 8.76. The number of amides is 1. The molecule has 1 aromatic carbocycles. The minimum Gasteiger partial charge on any atom is -0.503 e. The van der Waals surface area contributed by atoms with Gasteiger partial charge in [0, 0.05) is 17.0 Å². The summed E-state index contributed by atoms with van der Waals surface area (Å²) >= 11 is 2.48. The number of nitro groups is 1. The molecule has 1 amide bonds. The molecule has 152 valence electrons. The number of rotatable bonds is 5. The van der Waals surface area contributed by atoms with Crippen LogP contribution in [-0.2, 0) is 4.79 Å². The van der Waals surface area contributed by atoms with Crippen molar-refractivity contribution in [3.63, 3.8) is 0 Å². The summed E-state index contributed by atoms with van der Waals surface area (Å²) in [6.45, 7) is 3.67. The number of aryl methyl sites for hydroxylation is 2. The highest BCUT2D eigenvalue weighted by Crippen LogP contribution is 2.44. The molecule has 4 rings (SSSR count). The van der Waals surface area contributed by atoms with E-state index in [1.165, 1.54) is 51.8 Å². The normalized spacial score (nSPS) is 16.4. The number of carbonyl (C=O) groups is 2. The van der Waals surface area contributed by atoms with Gasteiger partial charge in [0.25, 0.3) is 11.6 Å². The fourth-order valence-electron chi connectivity index (χ4n) is 3.23. The molecule has 30 heavy (non-hydrogen) atoms. The summed E-state index contributed by atoms with van der Waals surface area (Å²) < 4.78 is 0. The van der Waals surface area contributed by atoms with E-state index in [9.17, 15) is 24.8 Å². The summed E-state index contributed by atoms with van der Waals surface area (Å²) in [5, 5.41) is 23.7. The summed E-state index contributed by atoms with van der Waals surface area (Å²) in [4.78, 5) is 43.6. The molecule has 10 heteroatoms. The molecule has 3 heterocycles. The monoisotopic (exact) mass is 441 g/mol. The Labute approximate surface area is 178 Å². The van der Waals surface area contributed by atoms with E-state index in [4.69, 9.17) is 0 Å². The van der Waals surface area contributed by atoms with Gasteiger partial charge in [-0.1, -0.05) is 6.07 Å². The van der Waals surface area contributed by atoms with Crippen molar-refractivity contribution >= 4 is 45.2 Å². The fraction of sp³-hybridized carbons (Fsp3) is 0.150. The SMILES string of the molecule is Cc1nc(N2C(=O)C(O)=C(C(=O)c3cccs3)[C@@H]2c2ccc([N+](=O)[O-])cc2)sc1C. The van der Waals surface area contributed by atoms with Crippen LogP contribution in [0.15, 0.2) is 53.1 Å². The number of nitro benzene ring substituents is 1. The maximum absolute atomic E-state index is 13.2. The minimum absolute atomic E-state index is 0.0678. The molecule has 0 saturated heterocycles. The molecule has 0 unspecified atom stereocenters. The van der Waals surface area contributed by atoms with Gasteiger partial charge in [-0.3, -0.25) is 24.6 Å². The third-order valence-corrected chi connectivity index (χ3v) is 6.78. The van der Waals surface area contributed by atoms with Crippen molar-refractivity contribution in [2.45, 2.75) is 19.9 Å². The van der Waals surface area contributed by atoms with Crippen molar-refractivity contribution in [3.8, 4) is 0 Å².